The molecule has 0 saturated heterocycles. The summed E-state index contributed by atoms with van der Waals surface area (Å²) in [5, 5.41) is 23.1. The summed E-state index contributed by atoms with van der Waals surface area (Å²) in [5.74, 6) is -0.00341. The normalized spacial score (nSPS) is 12.4. The fourth-order valence-corrected chi connectivity index (χ4v) is 11.5. The number of rotatable bonds is 67. The predicted molar refractivity (Wildman–Crippen MR) is 334 cm³/mol. The van der Waals surface area contributed by atoms with Gasteiger partial charge in [-0.3, -0.25) is 9.59 Å². The van der Waals surface area contributed by atoms with E-state index in [4.69, 9.17) is 4.74 Å². The molecule has 0 aliphatic rings. The molecule has 0 radical (unpaired) electrons. The van der Waals surface area contributed by atoms with Crippen molar-refractivity contribution in [2.45, 2.75) is 424 Å². The molecule has 1 amide bonds. The topological polar surface area (TPSA) is 95.9 Å². The van der Waals surface area contributed by atoms with Gasteiger partial charge in [0.25, 0.3) is 0 Å². The monoisotopic (exact) mass is 1070 g/mol. The maximum atomic E-state index is 12.4. The van der Waals surface area contributed by atoms with Gasteiger partial charge in [0.05, 0.1) is 25.4 Å². The first-order valence-corrected chi connectivity index (χ1v) is 35.3. The van der Waals surface area contributed by atoms with Crippen molar-refractivity contribution in [2.75, 3.05) is 13.2 Å². The minimum atomic E-state index is -0.656. The molecule has 3 N–H and O–H groups in total. The van der Waals surface area contributed by atoms with E-state index >= 15 is 0 Å². The van der Waals surface area contributed by atoms with Gasteiger partial charge >= 0.3 is 5.97 Å². The Morgan fingerprint density at radius 1 is 0.316 bits per heavy atom. The number of hydrogen-bond acceptors (Lipinski definition) is 5. The zero-order valence-corrected chi connectivity index (χ0v) is 52.0. The van der Waals surface area contributed by atoms with Crippen LogP contribution in [-0.4, -0.2) is 47.4 Å². The highest BCUT2D eigenvalue weighted by atomic mass is 16.5. The standard InChI is InChI=1S/C70H139NO5/c1-3-5-7-9-11-13-14-40-44-48-52-56-60-64-70(75)76-65-61-57-53-49-45-42-39-37-35-33-31-29-27-25-23-21-19-17-15-16-18-20-22-24-26-28-30-32-34-36-38-41-43-47-51-55-59-63-69(74)71-67(66-72)68(73)62-58-54-50-46-12-10-8-6-4-2/h67-68,72-73H,3-66H2,1-2H3,(H,71,74). The van der Waals surface area contributed by atoms with E-state index in [1.807, 2.05) is 0 Å². The second-order valence-electron chi connectivity index (χ2n) is 24.6. The van der Waals surface area contributed by atoms with E-state index in [1.54, 1.807) is 0 Å². The van der Waals surface area contributed by atoms with Crippen LogP contribution in [-0.2, 0) is 14.3 Å². The molecule has 454 valence electrons. The van der Waals surface area contributed by atoms with Gasteiger partial charge in [-0.2, -0.15) is 0 Å². The first-order chi connectivity index (χ1) is 37.5. The molecular formula is C70H139NO5. The Kier molecular flexibility index (Phi) is 65.4. The highest BCUT2D eigenvalue weighted by molar-refractivity contribution is 5.76. The Morgan fingerprint density at radius 3 is 0.803 bits per heavy atom. The lowest BCUT2D eigenvalue weighted by Gasteiger charge is -2.22. The molecule has 0 aliphatic carbocycles. The number of aliphatic hydroxyl groups excluding tert-OH is 2. The summed E-state index contributed by atoms with van der Waals surface area (Å²) in [6, 6.07) is -0.533. The van der Waals surface area contributed by atoms with Gasteiger partial charge in [0.15, 0.2) is 0 Å². The van der Waals surface area contributed by atoms with Gasteiger partial charge in [0, 0.05) is 12.8 Å². The maximum absolute atomic E-state index is 12.4. The van der Waals surface area contributed by atoms with Crippen LogP contribution in [0.2, 0.25) is 0 Å². The molecule has 0 saturated carbocycles. The summed E-state index contributed by atoms with van der Waals surface area (Å²) in [6.07, 6.45) is 80.5. The molecule has 0 aromatic heterocycles. The minimum Gasteiger partial charge on any atom is -0.466 e. The van der Waals surface area contributed by atoms with Crippen molar-refractivity contribution in [1.82, 2.24) is 5.32 Å². The number of esters is 1. The second-order valence-corrected chi connectivity index (χ2v) is 24.6. The summed E-state index contributed by atoms with van der Waals surface area (Å²) in [5.41, 5.74) is 0. The predicted octanol–water partition coefficient (Wildman–Crippen LogP) is 22.6. The first kappa shape index (κ1) is 74.9. The van der Waals surface area contributed by atoms with Crippen LogP contribution in [0.4, 0.5) is 0 Å². The zero-order valence-electron chi connectivity index (χ0n) is 52.0. The largest absolute Gasteiger partial charge is 0.466 e. The Labute approximate surface area is 476 Å². The Balaban J connectivity index is 3.25. The average Bonchev–Trinajstić information content (AvgIpc) is 3.42. The van der Waals surface area contributed by atoms with Crippen LogP contribution in [0.5, 0.6) is 0 Å². The molecule has 76 heavy (non-hydrogen) atoms. The van der Waals surface area contributed by atoms with Crippen LogP contribution in [0.25, 0.3) is 0 Å². The van der Waals surface area contributed by atoms with Crippen molar-refractivity contribution >= 4 is 11.9 Å². The third-order valence-corrected chi connectivity index (χ3v) is 16.9. The number of amides is 1. The van der Waals surface area contributed by atoms with E-state index in [9.17, 15) is 19.8 Å². The van der Waals surface area contributed by atoms with Crippen molar-refractivity contribution < 1.29 is 24.5 Å². The Morgan fingerprint density at radius 2 is 0.539 bits per heavy atom. The lowest BCUT2D eigenvalue weighted by molar-refractivity contribution is -0.143. The van der Waals surface area contributed by atoms with Gasteiger partial charge in [-0.25, -0.2) is 0 Å². The molecule has 0 aliphatic heterocycles. The van der Waals surface area contributed by atoms with Crippen molar-refractivity contribution in [2.24, 2.45) is 0 Å². The van der Waals surface area contributed by atoms with Crippen molar-refractivity contribution in [3.8, 4) is 0 Å². The molecule has 0 aromatic rings. The maximum Gasteiger partial charge on any atom is 0.305 e. The van der Waals surface area contributed by atoms with E-state index in [-0.39, 0.29) is 18.5 Å². The van der Waals surface area contributed by atoms with Crippen LogP contribution in [0.15, 0.2) is 0 Å². The molecule has 0 spiro atoms. The molecule has 2 unspecified atom stereocenters. The number of unbranched alkanes of at least 4 members (excludes halogenated alkanes) is 56. The second kappa shape index (κ2) is 66.4. The molecular weight excluding hydrogens is 935 g/mol. The SMILES string of the molecule is CCCCCCCCCCCCCCCC(=O)OCCCCCCCCCCCCCCCCCCCCCCCCCCCCCCCCCCCCCCCC(=O)NC(CO)C(O)CCCCCCCCCCC. The lowest BCUT2D eigenvalue weighted by Crippen LogP contribution is -2.45. The Hall–Kier alpha value is -1.14. The summed E-state index contributed by atoms with van der Waals surface area (Å²) in [7, 11) is 0. The summed E-state index contributed by atoms with van der Waals surface area (Å²) >= 11 is 0. The number of carbonyl (C=O) groups excluding carboxylic acids is 2. The van der Waals surface area contributed by atoms with Gasteiger partial charge in [-0.05, 0) is 25.7 Å². The van der Waals surface area contributed by atoms with Gasteiger partial charge in [0.2, 0.25) is 5.91 Å². The summed E-state index contributed by atoms with van der Waals surface area (Å²) in [4.78, 5) is 24.5. The van der Waals surface area contributed by atoms with Crippen LogP contribution < -0.4 is 5.32 Å². The molecule has 0 heterocycles. The molecule has 2 atom stereocenters. The number of aliphatic hydroxyl groups is 2. The number of carbonyl (C=O) groups is 2. The van der Waals surface area contributed by atoms with Crippen molar-refractivity contribution in [1.29, 1.82) is 0 Å². The quantitative estimate of drug-likeness (QED) is 0.0417. The molecule has 0 bridgehead atoms. The summed E-state index contributed by atoms with van der Waals surface area (Å²) in [6.45, 7) is 4.97. The zero-order chi connectivity index (χ0) is 55.0. The van der Waals surface area contributed by atoms with E-state index in [0.29, 0.717) is 25.9 Å². The highest BCUT2D eigenvalue weighted by Crippen LogP contribution is 2.20. The number of nitrogens with one attached hydrogen (secondary N) is 1. The molecule has 6 heteroatoms. The van der Waals surface area contributed by atoms with Crippen LogP contribution in [0.3, 0.4) is 0 Å². The van der Waals surface area contributed by atoms with Crippen LogP contribution in [0.1, 0.15) is 412 Å². The molecule has 0 aromatic carbocycles. The lowest BCUT2D eigenvalue weighted by atomic mass is 10.0. The van der Waals surface area contributed by atoms with Crippen LogP contribution >= 0.6 is 0 Å². The van der Waals surface area contributed by atoms with Gasteiger partial charge < -0.3 is 20.3 Å². The number of hydrogen-bond donors (Lipinski definition) is 3. The molecule has 6 nitrogen and oxygen atoms in total. The van der Waals surface area contributed by atoms with Gasteiger partial charge in [0.1, 0.15) is 0 Å². The van der Waals surface area contributed by atoms with Gasteiger partial charge in [-0.15, -0.1) is 0 Å². The van der Waals surface area contributed by atoms with Crippen molar-refractivity contribution in [3.05, 3.63) is 0 Å². The summed E-state index contributed by atoms with van der Waals surface area (Å²) < 4.78 is 5.49. The average molecular weight is 1070 g/mol. The fraction of sp³-hybridized carbons (Fsp3) is 0.971. The van der Waals surface area contributed by atoms with Crippen LogP contribution in [0, 0.1) is 0 Å². The third kappa shape index (κ3) is 62.1. The molecule has 0 fully saturated rings. The third-order valence-electron chi connectivity index (χ3n) is 16.9. The molecule has 0 rings (SSSR count). The fourth-order valence-electron chi connectivity index (χ4n) is 11.5. The van der Waals surface area contributed by atoms with E-state index in [1.165, 1.54) is 340 Å². The minimum absolute atomic E-state index is 0.0258. The number of ether oxygens (including phenoxy) is 1. The van der Waals surface area contributed by atoms with E-state index < -0.39 is 12.1 Å². The van der Waals surface area contributed by atoms with E-state index in [0.717, 1.165) is 38.5 Å². The first-order valence-electron chi connectivity index (χ1n) is 35.3. The Bertz CT molecular complexity index is 1100. The smallest absolute Gasteiger partial charge is 0.305 e. The van der Waals surface area contributed by atoms with Gasteiger partial charge in [-0.1, -0.05) is 373 Å². The van der Waals surface area contributed by atoms with Crippen molar-refractivity contribution in [3.63, 3.8) is 0 Å². The van der Waals surface area contributed by atoms with E-state index in [2.05, 4.69) is 19.2 Å². The highest BCUT2D eigenvalue weighted by Gasteiger charge is 2.20.